The van der Waals surface area contributed by atoms with E-state index in [-0.39, 0.29) is 5.91 Å². The van der Waals surface area contributed by atoms with E-state index >= 15 is 0 Å². The van der Waals surface area contributed by atoms with E-state index in [0.717, 1.165) is 72.5 Å². The third kappa shape index (κ3) is 10.0. The van der Waals surface area contributed by atoms with E-state index in [2.05, 4.69) is 45.4 Å². The van der Waals surface area contributed by atoms with Gasteiger partial charge in [0.2, 0.25) is 0 Å². The molecule has 4 aromatic rings. The fourth-order valence-corrected chi connectivity index (χ4v) is 6.32. The van der Waals surface area contributed by atoms with Crippen LogP contribution in [0.4, 0.5) is 0 Å². The highest BCUT2D eigenvalue weighted by Crippen LogP contribution is 2.28. The lowest BCUT2D eigenvalue weighted by Gasteiger charge is -2.26. The summed E-state index contributed by atoms with van der Waals surface area (Å²) in [4.78, 5) is 22.4. The largest absolute Gasteiger partial charge is 0.493 e. The molecule has 0 aliphatic carbocycles. The van der Waals surface area contributed by atoms with E-state index in [0.29, 0.717) is 25.4 Å². The molecule has 0 radical (unpaired) electrons. The van der Waals surface area contributed by atoms with Gasteiger partial charge in [-0.05, 0) is 73.3 Å². The normalized spacial score (nSPS) is 13.5. The quantitative estimate of drug-likeness (QED) is 0.158. The number of methoxy groups -OCH3 is 2. The molecule has 9 heteroatoms. The van der Waals surface area contributed by atoms with E-state index in [1.165, 1.54) is 36.2 Å². The summed E-state index contributed by atoms with van der Waals surface area (Å²) in [6.45, 7) is 6.51. The number of likely N-dealkylation sites (tertiary alicyclic amines) is 1. The zero-order chi connectivity index (χ0) is 31.3. The molecule has 1 saturated heterocycles. The van der Waals surface area contributed by atoms with Gasteiger partial charge in [-0.3, -0.25) is 9.69 Å². The first-order valence-corrected chi connectivity index (χ1v) is 16.6. The highest BCUT2D eigenvalue weighted by Gasteiger charge is 2.16. The van der Waals surface area contributed by atoms with Gasteiger partial charge >= 0.3 is 0 Å². The molecule has 0 spiro atoms. The Labute approximate surface area is 271 Å². The van der Waals surface area contributed by atoms with Crippen LogP contribution in [0.2, 0.25) is 0 Å². The fraction of sp³-hybridized carbons (Fsp3) is 0.389. The van der Waals surface area contributed by atoms with Gasteiger partial charge in [0.05, 0.1) is 20.8 Å². The lowest BCUT2D eigenvalue weighted by Crippen LogP contribution is -2.37. The van der Waals surface area contributed by atoms with Crippen molar-refractivity contribution >= 4 is 17.2 Å². The number of piperidine rings is 1. The fourth-order valence-electron chi connectivity index (χ4n) is 5.51. The van der Waals surface area contributed by atoms with Crippen LogP contribution in [0.25, 0.3) is 0 Å². The Kier molecular flexibility index (Phi) is 12.2. The maximum absolute atomic E-state index is 12.8. The summed E-state index contributed by atoms with van der Waals surface area (Å²) >= 11 is 1.54. The second kappa shape index (κ2) is 17.0. The summed E-state index contributed by atoms with van der Waals surface area (Å²) in [5.74, 6) is 2.19. The predicted molar refractivity (Wildman–Crippen MR) is 179 cm³/mol. The van der Waals surface area contributed by atoms with E-state index in [1.807, 2.05) is 47.8 Å². The van der Waals surface area contributed by atoms with Crippen LogP contribution in [0.3, 0.4) is 0 Å². The first kappa shape index (κ1) is 32.5. The molecule has 5 rings (SSSR count). The van der Waals surface area contributed by atoms with Crippen molar-refractivity contribution in [3.8, 4) is 17.2 Å². The number of thiazole rings is 1. The third-order valence-corrected chi connectivity index (χ3v) is 8.88. The molecular weight excluding hydrogens is 584 g/mol. The highest BCUT2D eigenvalue weighted by atomic mass is 32.1. The van der Waals surface area contributed by atoms with Crippen molar-refractivity contribution in [3.05, 3.63) is 106 Å². The Balaban J connectivity index is 1.21. The van der Waals surface area contributed by atoms with Crippen molar-refractivity contribution in [2.75, 3.05) is 46.9 Å². The molecule has 1 aliphatic heterocycles. The highest BCUT2D eigenvalue weighted by molar-refractivity contribution is 7.09. The topological polar surface area (TPSA) is 76.2 Å². The van der Waals surface area contributed by atoms with Crippen molar-refractivity contribution in [2.24, 2.45) is 0 Å². The molecule has 1 amide bonds. The van der Waals surface area contributed by atoms with Crippen LogP contribution >= 0.6 is 11.3 Å². The van der Waals surface area contributed by atoms with Crippen LogP contribution in [-0.4, -0.2) is 67.6 Å². The minimum absolute atomic E-state index is 0.0996. The standard InChI is InChI=1S/C36H44N4O4S/c1-42-33-16-13-28(23-34(33)43-2)17-21-40(24-29-11-14-31(15-12-29)44-26-30-9-5-3-6-10-30)25-35-38-32(27-45-35)36(41)37-18-22-39-19-7-4-8-20-39/h3,5-6,9-16,23,27H,4,7-8,17-22,24-26H2,1-2H3,(H,37,41). The van der Waals surface area contributed by atoms with Gasteiger partial charge in [0, 0.05) is 31.6 Å². The molecule has 8 nitrogen and oxygen atoms in total. The van der Waals surface area contributed by atoms with E-state index in [9.17, 15) is 4.79 Å². The second-order valence-corrected chi connectivity index (χ2v) is 12.3. The number of nitrogens with zero attached hydrogens (tertiary/aromatic N) is 3. The average Bonchev–Trinajstić information content (AvgIpc) is 3.56. The number of benzene rings is 3. The summed E-state index contributed by atoms with van der Waals surface area (Å²) in [6, 6.07) is 24.5. The van der Waals surface area contributed by atoms with E-state index in [1.54, 1.807) is 14.2 Å². The number of rotatable bonds is 16. The predicted octanol–water partition coefficient (Wildman–Crippen LogP) is 6.20. The summed E-state index contributed by atoms with van der Waals surface area (Å²) in [5.41, 5.74) is 3.98. The Morgan fingerprint density at radius 3 is 2.40 bits per heavy atom. The SMILES string of the molecule is COc1ccc(CCN(Cc2ccc(OCc3ccccc3)cc2)Cc2nc(C(=O)NCCN3CCCCC3)cs2)cc1OC. The first-order chi connectivity index (χ1) is 22.1. The van der Waals surface area contributed by atoms with Crippen molar-refractivity contribution in [1.29, 1.82) is 0 Å². The van der Waals surface area contributed by atoms with Gasteiger partial charge in [0.15, 0.2) is 11.5 Å². The summed E-state index contributed by atoms with van der Waals surface area (Å²) in [5, 5.41) is 5.86. The van der Waals surface area contributed by atoms with Gasteiger partial charge in [0.1, 0.15) is 23.1 Å². The van der Waals surface area contributed by atoms with Crippen LogP contribution in [0.5, 0.6) is 17.2 Å². The third-order valence-electron chi connectivity index (χ3n) is 8.05. The second-order valence-electron chi connectivity index (χ2n) is 11.4. The Morgan fingerprint density at radius 2 is 1.64 bits per heavy atom. The van der Waals surface area contributed by atoms with Crippen LogP contribution in [0.1, 0.15) is 51.4 Å². The van der Waals surface area contributed by atoms with Gasteiger partial charge in [-0.15, -0.1) is 11.3 Å². The maximum atomic E-state index is 12.8. The number of hydrogen-bond donors (Lipinski definition) is 1. The number of nitrogens with one attached hydrogen (secondary N) is 1. The Morgan fingerprint density at radius 1 is 0.889 bits per heavy atom. The van der Waals surface area contributed by atoms with Gasteiger partial charge in [-0.1, -0.05) is 55.0 Å². The summed E-state index contributed by atoms with van der Waals surface area (Å²) in [7, 11) is 3.31. The molecule has 1 aromatic heterocycles. The Bertz CT molecular complexity index is 1470. The first-order valence-electron chi connectivity index (χ1n) is 15.7. The number of amides is 1. The lowest BCUT2D eigenvalue weighted by molar-refractivity contribution is 0.0942. The number of ether oxygens (including phenoxy) is 3. The van der Waals surface area contributed by atoms with Crippen LogP contribution in [0.15, 0.2) is 78.2 Å². The van der Waals surface area contributed by atoms with Crippen molar-refractivity contribution in [2.45, 2.75) is 45.4 Å². The molecule has 3 aromatic carbocycles. The van der Waals surface area contributed by atoms with Gasteiger partial charge in [-0.2, -0.15) is 0 Å². The lowest BCUT2D eigenvalue weighted by atomic mass is 10.1. The smallest absolute Gasteiger partial charge is 0.270 e. The minimum Gasteiger partial charge on any atom is -0.493 e. The molecule has 0 bridgehead atoms. The maximum Gasteiger partial charge on any atom is 0.270 e. The molecule has 1 fully saturated rings. The van der Waals surface area contributed by atoms with Crippen LogP contribution < -0.4 is 19.5 Å². The summed E-state index contributed by atoms with van der Waals surface area (Å²) in [6.07, 6.45) is 4.63. The van der Waals surface area contributed by atoms with Gasteiger partial charge in [0.25, 0.3) is 5.91 Å². The number of hydrogen-bond acceptors (Lipinski definition) is 8. The van der Waals surface area contributed by atoms with Crippen LogP contribution in [0, 0.1) is 0 Å². The van der Waals surface area contributed by atoms with Crippen molar-refractivity contribution in [3.63, 3.8) is 0 Å². The number of carbonyl (C=O) groups is 1. The van der Waals surface area contributed by atoms with Gasteiger partial charge in [-0.25, -0.2) is 4.98 Å². The summed E-state index contributed by atoms with van der Waals surface area (Å²) < 4.78 is 16.9. The molecule has 0 unspecified atom stereocenters. The molecule has 2 heterocycles. The Hall–Kier alpha value is -3.92. The number of aromatic nitrogens is 1. The molecule has 0 saturated carbocycles. The van der Waals surface area contributed by atoms with Crippen molar-refractivity contribution < 1.29 is 19.0 Å². The van der Waals surface area contributed by atoms with Gasteiger partial charge < -0.3 is 24.4 Å². The molecule has 238 valence electrons. The zero-order valence-corrected chi connectivity index (χ0v) is 27.2. The molecule has 0 atom stereocenters. The van der Waals surface area contributed by atoms with E-state index in [4.69, 9.17) is 19.2 Å². The monoisotopic (exact) mass is 628 g/mol. The van der Waals surface area contributed by atoms with E-state index < -0.39 is 0 Å². The average molecular weight is 629 g/mol. The van der Waals surface area contributed by atoms with Crippen LogP contribution in [-0.2, 0) is 26.1 Å². The molecular formula is C36H44N4O4S. The molecule has 1 aliphatic rings. The minimum atomic E-state index is -0.0996. The molecule has 1 N–H and O–H groups in total. The number of carbonyl (C=O) groups excluding carboxylic acids is 1. The van der Waals surface area contributed by atoms with Crippen molar-refractivity contribution in [1.82, 2.24) is 20.1 Å². The molecule has 45 heavy (non-hydrogen) atoms. The zero-order valence-electron chi connectivity index (χ0n) is 26.4.